The minimum Gasteiger partial charge on any atom is -0.491 e. The summed E-state index contributed by atoms with van der Waals surface area (Å²) in [5, 5.41) is 2.50. The predicted molar refractivity (Wildman–Crippen MR) is 193 cm³/mol. The maximum absolute atomic E-state index is 14.3. The predicted octanol–water partition coefficient (Wildman–Crippen LogP) is 6.29. The molecule has 7 rings (SSSR count). The fourth-order valence-corrected chi connectivity index (χ4v) is 7.44. The second-order valence-electron chi connectivity index (χ2n) is 13.0. The Labute approximate surface area is 306 Å². The normalized spacial score (nSPS) is 15.9. The van der Waals surface area contributed by atoms with Gasteiger partial charge in [0.15, 0.2) is 0 Å². The molecule has 0 spiro atoms. The molecule has 1 atom stereocenters. The number of halogens is 3. The van der Waals surface area contributed by atoms with Crippen LogP contribution in [0.2, 0.25) is 0 Å². The van der Waals surface area contributed by atoms with Crippen LogP contribution >= 0.6 is 11.3 Å². The molecule has 5 heterocycles. The average Bonchev–Trinajstić information content (AvgIpc) is 3.70. The number of ether oxygens (including phenoxy) is 2. The number of benzene rings is 2. The second kappa shape index (κ2) is 14.9. The van der Waals surface area contributed by atoms with E-state index in [1.807, 2.05) is 37.2 Å². The summed E-state index contributed by atoms with van der Waals surface area (Å²) < 4.78 is 55.2. The first-order valence-corrected chi connectivity index (χ1v) is 17.9. The van der Waals surface area contributed by atoms with Gasteiger partial charge in [0, 0.05) is 62.8 Å². The number of imide groups is 1. The number of fused-ring (bicyclic) bond motifs is 2. The highest BCUT2D eigenvalue weighted by atomic mass is 32.1. The van der Waals surface area contributed by atoms with Crippen LogP contribution < -0.4 is 15.0 Å². The molecule has 1 fully saturated rings. The van der Waals surface area contributed by atoms with Crippen LogP contribution in [0, 0.1) is 0 Å². The zero-order chi connectivity index (χ0) is 37.3. The Bertz CT molecular complexity index is 2190. The summed E-state index contributed by atoms with van der Waals surface area (Å²) >= 11 is 1.17. The van der Waals surface area contributed by atoms with Crippen LogP contribution in [-0.2, 0) is 33.5 Å². The summed E-state index contributed by atoms with van der Waals surface area (Å²) in [6.45, 7) is 1.40. The topological polar surface area (TPSA) is 127 Å². The molecule has 0 saturated carbocycles. The smallest absolute Gasteiger partial charge is 0.418 e. The van der Waals surface area contributed by atoms with Crippen LogP contribution in [-0.4, -0.2) is 77.5 Å². The summed E-state index contributed by atoms with van der Waals surface area (Å²) in [4.78, 5) is 53.0. The molecule has 3 aromatic heterocycles. The molecule has 53 heavy (non-hydrogen) atoms. The maximum atomic E-state index is 14.3. The molecule has 1 unspecified atom stereocenters. The number of hydrogen-bond donors (Lipinski definition) is 1. The molecule has 1 saturated heterocycles. The quantitative estimate of drug-likeness (QED) is 0.116. The first-order chi connectivity index (χ1) is 25.4. The number of thiazole rings is 1. The summed E-state index contributed by atoms with van der Waals surface area (Å²) in [7, 11) is 3.67. The number of piperidine rings is 1. The lowest BCUT2D eigenvalue weighted by Gasteiger charge is -2.29. The van der Waals surface area contributed by atoms with Crippen molar-refractivity contribution in [2.45, 2.75) is 44.4 Å². The minimum absolute atomic E-state index is 0.196. The van der Waals surface area contributed by atoms with Crippen LogP contribution in [0.15, 0.2) is 67.0 Å². The van der Waals surface area contributed by atoms with Gasteiger partial charge in [-0.15, -0.1) is 11.3 Å². The molecule has 1 N–H and O–H groups in total. The molecule has 15 heteroatoms. The Kier molecular flexibility index (Phi) is 10.1. The van der Waals surface area contributed by atoms with E-state index in [1.165, 1.54) is 28.6 Å². The summed E-state index contributed by atoms with van der Waals surface area (Å²) in [6, 6.07) is 14.8. The SMILES string of the molecule is CN(C)c1ccc(-c2cnc(-c3nc4ccc(CCCOCCOc5ccc6c(c5)CN(C5CCC(=O)NC5=O)C6=O)cc4s3)c(C(F)(F)F)c2)cn1. The van der Waals surface area contributed by atoms with E-state index in [1.54, 1.807) is 30.3 Å². The number of nitrogens with zero attached hydrogens (tertiary/aromatic N) is 5. The number of rotatable bonds is 12. The Morgan fingerprint density at radius 1 is 0.962 bits per heavy atom. The molecule has 11 nitrogen and oxygen atoms in total. The molecule has 2 aromatic carbocycles. The zero-order valence-electron chi connectivity index (χ0n) is 28.9. The fourth-order valence-electron chi connectivity index (χ4n) is 6.40. The van der Waals surface area contributed by atoms with Gasteiger partial charge < -0.3 is 19.3 Å². The largest absolute Gasteiger partial charge is 0.491 e. The van der Waals surface area contributed by atoms with Crippen LogP contribution in [0.3, 0.4) is 0 Å². The monoisotopic (exact) mass is 744 g/mol. The number of hydrogen-bond acceptors (Lipinski definition) is 10. The van der Waals surface area contributed by atoms with Crippen LogP contribution in [0.5, 0.6) is 5.75 Å². The highest BCUT2D eigenvalue weighted by Crippen LogP contribution is 2.40. The van der Waals surface area contributed by atoms with Crippen molar-refractivity contribution in [2.24, 2.45) is 0 Å². The van der Waals surface area contributed by atoms with Crippen molar-refractivity contribution in [1.82, 2.24) is 25.2 Å². The van der Waals surface area contributed by atoms with Crippen molar-refractivity contribution >= 4 is 45.1 Å². The molecular formula is C38H35F3N6O5S. The van der Waals surface area contributed by atoms with E-state index < -0.39 is 23.7 Å². The van der Waals surface area contributed by atoms with Gasteiger partial charge in [0.1, 0.15) is 34.9 Å². The second-order valence-corrected chi connectivity index (χ2v) is 14.1. The highest BCUT2D eigenvalue weighted by Gasteiger charge is 2.39. The van der Waals surface area contributed by atoms with Gasteiger partial charge in [-0.05, 0) is 78.9 Å². The molecule has 0 bridgehead atoms. The standard InChI is InChI=1S/C38H35F3N6O5S/c1-46(2)32-11-6-23(19-42-32)24-18-28(38(39,40)41)34(43-20-24)36-44-29-9-5-22(16-31(29)53-36)4-3-13-51-14-15-52-26-7-8-27-25(17-26)21-47(37(27)50)30-10-12-33(48)45-35(30)49/h5-9,11,16-20,30H,3-4,10,12-15,21H2,1-2H3,(H,45,48,49). The maximum Gasteiger partial charge on any atom is 0.418 e. The van der Waals surface area contributed by atoms with Gasteiger partial charge in [-0.3, -0.25) is 24.7 Å². The molecule has 274 valence electrons. The van der Waals surface area contributed by atoms with Crippen molar-refractivity contribution in [1.29, 1.82) is 0 Å². The average molecular weight is 745 g/mol. The Morgan fingerprint density at radius 3 is 2.55 bits per heavy atom. The first kappa shape index (κ1) is 36.0. The number of amides is 3. The van der Waals surface area contributed by atoms with Crippen molar-refractivity contribution in [3.8, 4) is 27.6 Å². The molecule has 5 aromatic rings. The number of aromatic nitrogens is 3. The third-order valence-electron chi connectivity index (χ3n) is 9.13. The van der Waals surface area contributed by atoms with Gasteiger partial charge in [0.2, 0.25) is 11.8 Å². The first-order valence-electron chi connectivity index (χ1n) is 17.0. The number of anilines is 1. The number of pyridine rings is 2. The minimum atomic E-state index is -4.63. The lowest BCUT2D eigenvalue weighted by molar-refractivity contribution is -0.138. The van der Waals surface area contributed by atoms with Crippen LogP contribution in [0.25, 0.3) is 32.0 Å². The van der Waals surface area contributed by atoms with E-state index in [2.05, 4.69) is 20.3 Å². The third-order valence-corrected chi connectivity index (χ3v) is 10.2. The van der Waals surface area contributed by atoms with Gasteiger partial charge in [0.05, 0.1) is 22.4 Å². The molecule has 3 amide bonds. The van der Waals surface area contributed by atoms with E-state index in [-0.39, 0.29) is 35.5 Å². The van der Waals surface area contributed by atoms with Crippen molar-refractivity contribution < 1.29 is 37.0 Å². The van der Waals surface area contributed by atoms with E-state index in [4.69, 9.17) is 9.47 Å². The van der Waals surface area contributed by atoms with E-state index in [9.17, 15) is 27.6 Å². The Hall–Kier alpha value is -5.41. The fraction of sp³-hybridized carbons (Fsp3) is 0.316. The summed E-state index contributed by atoms with van der Waals surface area (Å²) in [5.74, 6) is 0.262. The van der Waals surface area contributed by atoms with Crippen molar-refractivity contribution in [3.63, 3.8) is 0 Å². The molecule has 2 aliphatic rings. The summed E-state index contributed by atoms with van der Waals surface area (Å²) in [5.41, 5.74) is 2.68. The van der Waals surface area contributed by atoms with Crippen LogP contribution in [0.4, 0.5) is 19.0 Å². The van der Waals surface area contributed by atoms with Gasteiger partial charge >= 0.3 is 6.18 Å². The van der Waals surface area contributed by atoms with E-state index >= 15 is 0 Å². The van der Waals surface area contributed by atoms with Gasteiger partial charge in [0.25, 0.3) is 5.91 Å². The zero-order valence-corrected chi connectivity index (χ0v) is 29.7. The molecule has 0 aliphatic carbocycles. The molecular weight excluding hydrogens is 710 g/mol. The van der Waals surface area contributed by atoms with Gasteiger partial charge in [-0.2, -0.15) is 13.2 Å². The third kappa shape index (κ3) is 7.86. The van der Waals surface area contributed by atoms with Gasteiger partial charge in [-0.25, -0.2) is 9.97 Å². The van der Waals surface area contributed by atoms with E-state index in [0.717, 1.165) is 28.3 Å². The van der Waals surface area contributed by atoms with Crippen molar-refractivity contribution in [2.75, 3.05) is 38.8 Å². The number of nitrogens with one attached hydrogen (secondary N) is 1. The van der Waals surface area contributed by atoms with Gasteiger partial charge in [-0.1, -0.05) is 6.07 Å². The summed E-state index contributed by atoms with van der Waals surface area (Å²) in [6.07, 6.45) is 0.249. The van der Waals surface area contributed by atoms with Crippen molar-refractivity contribution in [3.05, 3.63) is 89.2 Å². The Morgan fingerprint density at radius 2 is 1.79 bits per heavy atom. The number of carbonyl (C=O) groups is 3. The lowest BCUT2D eigenvalue weighted by Crippen LogP contribution is -2.52. The lowest BCUT2D eigenvalue weighted by atomic mass is 10.0. The van der Waals surface area contributed by atoms with E-state index in [0.29, 0.717) is 66.4 Å². The highest BCUT2D eigenvalue weighted by molar-refractivity contribution is 7.21. The number of carbonyl (C=O) groups excluding carboxylic acids is 3. The van der Waals surface area contributed by atoms with Crippen LogP contribution in [0.1, 0.15) is 46.3 Å². The number of aryl methyl sites for hydroxylation is 1. The Balaban J connectivity index is 0.905. The molecule has 0 radical (unpaired) electrons. The number of alkyl halides is 3. The molecule has 2 aliphatic heterocycles.